The lowest BCUT2D eigenvalue weighted by molar-refractivity contribution is -0.384. The number of nitrogens with zero attached hydrogens (tertiary/aromatic N) is 3. The number of ether oxygens (including phenoxy) is 2. The zero-order valence-corrected chi connectivity index (χ0v) is 18.2. The SMILES string of the molecule is CN(C)CCN1C(=O)C(=O)C(=C(O)c2ccc3c(c2)OCCO3)[C@@H]1c1cccc([N+](=O)[O-])c1. The van der Waals surface area contributed by atoms with Crippen LogP contribution in [0.15, 0.2) is 48.0 Å². The van der Waals surface area contributed by atoms with Crippen molar-refractivity contribution in [1.82, 2.24) is 9.80 Å². The number of ketones is 1. The summed E-state index contributed by atoms with van der Waals surface area (Å²) in [5.41, 5.74) is 0.336. The van der Waals surface area contributed by atoms with E-state index in [9.17, 15) is 24.8 Å². The molecule has 4 rings (SSSR count). The number of Topliss-reactive ketones (excluding diaryl/α,β-unsaturated/α-hetero) is 1. The number of aliphatic hydroxyl groups excluding tert-OH is 1. The lowest BCUT2D eigenvalue weighted by Gasteiger charge is -2.26. The third-order valence-electron chi connectivity index (χ3n) is 5.54. The molecule has 0 unspecified atom stereocenters. The lowest BCUT2D eigenvalue weighted by Crippen LogP contribution is -2.35. The van der Waals surface area contributed by atoms with Crippen LogP contribution in [0.5, 0.6) is 11.5 Å². The molecule has 1 saturated heterocycles. The summed E-state index contributed by atoms with van der Waals surface area (Å²) in [4.78, 5) is 40.0. The van der Waals surface area contributed by atoms with E-state index < -0.39 is 22.7 Å². The number of likely N-dealkylation sites (tertiary alicyclic amines) is 1. The Balaban J connectivity index is 1.85. The van der Waals surface area contributed by atoms with Crippen LogP contribution in [0.25, 0.3) is 5.76 Å². The fraction of sp³-hybridized carbons (Fsp3) is 0.304. The lowest BCUT2D eigenvalue weighted by atomic mass is 9.95. The molecule has 0 spiro atoms. The van der Waals surface area contributed by atoms with Gasteiger partial charge in [-0.3, -0.25) is 19.7 Å². The maximum atomic E-state index is 13.1. The summed E-state index contributed by atoms with van der Waals surface area (Å²) in [6.07, 6.45) is 0. The second kappa shape index (κ2) is 8.91. The van der Waals surface area contributed by atoms with Crippen LogP contribution in [0.2, 0.25) is 0 Å². The van der Waals surface area contributed by atoms with E-state index in [1.165, 1.54) is 23.1 Å². The zero-order chi connectivity index (χ0) is 23.7. The van der Waals surface area contributed by atoms with E-state index >= 15 is 0 Å². The summed E-state index contributed by atoms with van der Waals surface area (Å²) in [5, 5.41) is 22.5. The molecule has 1 atom stereocenters. The molecule has 0 radical (unpaired) electrons. The molecule has 172 valence electrons. The van der Waals surface area contributed by atoms with Gasteiger partial charge in [0.1, 0.15) is 19.0 Å². The van der Waals surface area contributed by atoms with Gasteiger partial charge < -0.3 is 24.4 Å². The molecule has 2 aromatic carbocycles. The predicted octanol–water partition coefficient (Wildman–Crippen LogP) is 2.35. The standard InChI is InChI=1S/C23H23N3O7/c1-24(2)8-9-25-20(14-4-3-5-16(12-14)26(30)31)19(22(28)23(25)29)21(27)15-6-7-17-18(13-15)33-11-10-32-17/h3-7,12-13,20,27H,8-11H2,1-2H3/t20-/m0/s1. The molecule has 2 heterocycles. The second-order valence-corrected chi connectivity index (χ2v) is 8.01. The molecule has 0 aliphatic carbocycles. The van der Waals surface area contributed by atoms with E-state index in [2.05, 4.69) is 0 Å². The van der Waals surface area contributed by atoms with Crippen LogP contribution in [-0.2, 0) is 9.59 Å². The van der Waals surface area contributed by atoms with Gasteiger partial charge in [-0.1, -0.05) is 12.1 Å². The van der Waals surface area contributed by atoms with Gasteiger partial charge in [0, 0.05) is 30.8 Å². The Bertz CT molecular complexity index is 1160. The van der Waals surface area contributed by atoms with Crippen LogP contribution in [0, 0.1) is 10.1 Å². The molecule has 0 bridgehead atoms. The van der Waals surface area contributed by atoms with Gasteiger partial charge in [-0.25, -0.2) is 0 Å². The highest BCUT2D eigenvalue weighted by molar-refractivity contribution is 6.46. The Labute approximate surface area is 189 Å². The first-order valence-corrected chi connectivity index (χ1v) is 10.4. The van der Waals surface area contributed by atoms with E-state index in [0.717, 1.165) is 0 Å². The molecule has 2 aromatic rings. The molecule has 1 N–H and O–H groups in total. The van der Waals surface area contributed by atoms with Crippen molar-refractivity contribution >= 4 is 23.1 Å². The van der Waals surface area contributed by atoms with Gasteiger partial charge in [0.05, 0.1) is 16.5 Å². The highest BCUT2D eigenvalue weighted by Crippen LogP contribution is 2.41. The number of carbonyl (C=O) groups excluding carboxylic acids is 2. The number of hydrogen-bond donors (Lipinski definition) is 1. The summed E-state index contributed by atoms with van der Waals surface area (Å²) < 4.78 is 11.1. The van der Waals surface area contributed by atoms with Crippen LogP contribution in [0.4, 0.5) is 5.69 Å². The fourth-order valence-electron chi connectivity index (χ4n) is 3.92. The smallest absolute Gasteiger partial charge is 0.295 e. The Morgan fingerprint density at radius 3 is 2.58 bits per heavy atom. The number of nitro benzene ring substituents is 1. The van der Waals surface area contributed by atoms with E-state index in [1.54, 1.807) is 24.3 Å². The molecule has 10 nitrogen and oxygen atoms in total. The average molecular weight is 453 g/mol. The molecular weight excluding hydrogens is 430 g/mol. The fourth-order valence-corrected chi connectivity index (χ4v) is 3.92. The van der Waals surface area contributed by atoms with Gasteiger partial charge in [-0.2, -0.15) is 0 Å². The van der Waals surface area contributed by atoms with Crippen molar-refractivity contribution in [3.8, 4) is 11.5 Å². The van der Waals surface area contributed by atoms with Gasteiger partial charge >= 0.3 is 0 Å². The molecular formula is C23H23N3O7. The first kappa shape index (κ1) is 22.3. The minimum absolute atomic E-state index is 0.129. The van der Waals surface area contributed by atoms with Crippen molar-refractivity contribution in [3.05, 3.63) is 69.3 Å². The number of benzene rings is 2. The van der Waals surface area contributed by atoms with Crippen LogP contribution >= 0.6 is 0 Å². The molecule has 1 fully saturated rings. The summed E-state index contributed by atoms with van der Waals surface area (Å²) in [6.45, 7) is 1.41. The molecule has 10 heteroatoms. The first-order chi connectivity index (χ1) is 15.8. The van der Waals surface area contributed by atoms with Crippen LogP contribution in [-0.4, -0.2) is 71.9 Å². The van der Waals surface area contributed by atoms with Crippen molar-refractivity contribution in [2.24, 2.45) is 0 Å². The van der Waals surface area contributed by atoms with Crippen LogP contribution < -0.4 is 9.47 Å². The highest BCUT2D eigenvalue weighted by Gasteiger charge is 2.46. The van der Waals surface area contributed by atoms with Gasteiger partial charge in [-0.05, 0) is 37.9 Å². The molecule has 2 aliphatic rings. The number of likely N-dealkylation sites (N-methyl/N-ethyl adjacent to an activating group) is 1. The summed E-state index contributed by atoms with van der Waals surface area (Å²) in [7, 11) is 3.66. The first-order valence-electron chi connectivity index (χ1n) is 10.4. The summed E-state index contributed by atoms with van der Waals surface area (Å²) in [5.74, 6) is -1.07. The number of fused-ring (bicyclic) bond motifs is 1. The third-order valence-corrected chi connectivity index (χ3v) is 5.54. The van der Waals surface area contributed by atoms with Gasteiger partial charge in [0.15, 0.2) is 11.5 Å². The van der Waals surface area contributed by atoms with E-state index in [-0.39, 0.29) is 29.1 Å². The minimum Gasteiger partial charge on any atom is -0.507 e. The molecule has 0 saturated carbocycles. The topological polar surface area (TPSA) is 122 Å². The predicted molar refractivity (Wildman–Crippen MR) is 118 cm³/mol. The van der Waals surface area contributed by atoms with Crippen molar-refractivity contribution in [2.45, 2.75) is 6.04 Å². The van der Waals surface area contributed by atoms with Crippen molar-refractivity contribution in [3.63, 3.8) is 0 Å². The van der Waals surface area contributed by atoms with Crippen molar-refractivity contribution in [2.75, 3.05) is 40.4 Å². The minimum atomic E-state index is -0.974. The molecule has 0 aromatic heterocycles. The monoisotopic (exact) mass is 453 g/mol. The number of nitro groups is 1. The average Bonchev–Trinajstić information content (AvgIpc) is 3.06. The Hall–Kier alpha value is -3.92. The van der Waals surface area contributed by atoms with Gasteiger partial charge in [0.2, 0.25) is 0 Å². The van der Waals surface area contributed by atoms with Crippen molar-refractivity contribution < 1.29 is 29.1 Å². The second-order valence-electron chi connectivity index (χ2n) is 8.01. The number of rotatable bonds is 6. The summed E-state index contributed by atoms with van der Waals surface area (Å²) >= 11 is 0. The quantitative estimate of drug-likeness (QED) is 0.233. The zero-order valence-electron chi connectivity index (χ0n) is 18.2. The van der Waals surface area contributed by atoms with Crippen molar-refractivity contribution in [1.29, 1.82) is 0 Å². The number of carbonyl (C=O) groups is 2. The Morgan fingerprint density at radius 1 is 1.15 bits per heavy atom. The molecule has 2 aliphatic heterocycles. The van der Waals surface area contributed by atoms with Crippen LogP contribution in [0.3, 0.4) is 0 Å². The Morgan fingerprint density at radius 2 is 1.88 bits per heavy atom. The number of non-ortho nitro benzene ring substituents is 1. The third kappa shape index (κ3) is 4.24. The maximum absolute atomic E-state index is 13.1. The van der Waals surface area contributed by atoms with E-state index in [4.69, 9.17) is 9.47 Å². The number of hydrogen-bond acceptors (Lipinski definition) is 8. The van der Waals surface area contributed by atoms with E-state index in [1.807, 2.05) is 19.0 Å². The summed E-state index contributed by atoms with van der Waals surface area (Å²) in [6, 6.07) is 9.49. The number of aliphatic hydroxyl groups is 1. The highest BCUT2D eigenvalue weighted by atomic mass is 16.6. The largest absolute Gasteiger partial charge is 0.507 e. The van der Waals surface area contributed by atoms with E-state index in [0.29, 0.717) is 36.8 Å². The normalized spacial score (nSPS) is 19.2. The maximum Gasteiger partial charge on any atom is 0.295 e. The van der Waals surface area contributed by atoms with Gasteiger partial charge in [0.25, 0.3) is 17.4 Å². The van der Waals surface area contributed by atoms with Gasteiger partial charge in [-0.15, -0.1) is 0 Å². The van der Waals surface area contributed by atoms with Crippen LogP contribution in [0.1, 0.15) is 17.2 Å². The molecule has 33 heavy (non-hydrogen) atoms. The Kier molecular flexibility index (Phi) is 6.01. The number of amides is 1. The molecule has 1 amide bonds.